The molecule has 1 fully saturated rings. The molecule has 1 aromatic heterocycles. The van der Waals surface area contributed by atoms with Gasteiger partial charge in [-0.15, -0.1) is 0 Å². The number of aromatic nitrogens is 1. The molecule has 3 aromatic rings. The average molecular weight is 429 g/mol. The molecule has 1 aliphatic carbocycles. The van der Waals surface area contributed by atoms with Crippen molar-refractivity contribution in [1.29, 1.82) is 0 Å². The maximum absolute atomic E-state index is 12.4. The summed E-state index contributed by atoms with van der Waals surface area (Å²) in [6.07, 6.45) is 0.676. The first-order chi connectivity index (χ1) is 15.5. The number of hydrogen-bond donors (Lipinski definition) is 1. The summed E-state index contributed by atoms with van der Waals surface area (Å²) in [6.45, 7) is 4.13. The fourth-order valence-corrected chi connectivity index (χ4v) is 4.70. The summed E-state index contributed by atoms with van der Waals surface area (Å²) < 4.78 is 5.49. The van der Waals surface area contributed by atoms with E-state index in [0.29, 0.717) is 12.0 Å². The summed E-state index contributed by atoms with van der Waals surface area (Å²) in [5, 5.41) is 0. The molecule has 32 heavy (non-hydrogen) atoms. The molecule has 1 aliphatic heterocycles. The van der Waals surface area contributed by atoms with Gasteiger partial charge in [0, 0.05) is 48.4 Å². The van der Waals surface area contributed by atoms with Gasteiger partial charge >= 0.3 is 0 Å². The number of primary amides is 1. The van der Waals surface area contributed by atoms with E-state index in [1.54, 1.807) is 0 Å². The van der Waals surface area contributed by atoms with E-state index in [1.165, 1.54) is 16.8 Å². The SMILES string of the molecule is CN(C)Cc1cccc(-c2cc(C(N)=O)c3c(n2)-c2ccc(N4CCOCC4)cc2C3)c1. The van der Waals surface area contributed by atoms with E-state index in [9.17, 15) is 4.79 Å². The molecule has 2 N–H and O–H groups in total. The van der Waals surface area contributed by atoms with Gasteiger partial charge in [0.25, 0.3) is 0 Å². The topological polar surface area (TPSA) is 71.7 Å². The molecule has 6 nitrogen and oxygen atoms in total. The second-order valence-electron chi connectivity index (χ2n) is 8.80. The van der Waals surface area contributed by atoms with Gasteiger partial charge in [-0.1, -0.05) is 24.3 Å². The number of benzene rings is 2. The van der Waals surface area contributed by atoms with E-state index < -0.39 is 5.91 Å². The molecule has 2 heterocycles. The van der Waals surface area contributed by atoms with Crippen LogP contribution >= 0.6 is 0 Å². The van der Waals surface area contributed by atoms with Crippen LogP contribution in [0.4, 0.5) is 5.69 Å². The van der Waals surface area contributed by atoms with Crippen LogP contribution in [0.15, 0.2) is 48.5 Å². The minimum absolute atomic E-state index is 0.407. The number of morpholine rings is 1. The van der Waals surface area contributed by atoms with Gasteiger partial charge in [0.15, 0.2) is 0 Å². The molecule has 0 bridgehead atoms. The van der Waals surface area contributed by atoms with Crippen LogP contribution in [0.5, 0.6) is 0 Å². The van der Waals surface area contributed by atoms with E-state index in [0.717, 1.165) is 60.9 Å². The Bertz CT molecular complexity index is 1180. The molecule has 2 aromatic carbocycles. The lowest BCUT2D eigenvalue weighted by Gasteiger charge is -2.29. The Morgan fingerprint density at radius 1 is 1.12 bits per heavy atom. The number of ether oxygens (including phenoxy) is 1. The van der Waals surface area contributed by atoms with Gasteiger partial charge in [-0.05, 0) is 55.1 Å². The fourth-order valence-electron chi connectivity index (χ4n) is 4.70. The zero-order valence-electron chi connectivity index (χ0n) is 18.6. The van der Waals surface area contributed by atoms with Gasteiger partial charge in [-0.3, -0.25) is 4.79 Å². The summed E-state index contributed by atoms with van der Waals surface area (Å²) in [7, 11) is 4.10. The molecular formula is C26H28N4O2. The van der Waals surface area contributed by atoms with Crippen molar-refractivity contribution < 1.29 is 9.53 Å². The van der Waals surface area contributed by atoms with E-state index in [-0.39, 0.29) is 0 Å². The molecule has 2 aliphatic rings. The predicted octanol–water partition coefficient (Wildman–Crippen LogP) is 3.32. The number of carbonyl (C=O) groups excluding carboxylic acids is 1. The van der Waals surface area contributed by atoms with Gasteiger partial charge in [0.2, 0.25) is 5.91 Å². The van der Waals surface area contributed by atoms with Crippen LogP contribution in [-0.2, 0) is 17.7 Å². The fraction of sp³-hybridized carbons (Fsp3) is 0.308. The van der Waals surface area contributed by atoms with Gasteiger partial charge in [-0.25, -0.2) is 4.98 Å². The smallest absolute Gasteiger partial charge is 0.249 e. The van der Waals surface area contributed by atoms with Gasteiger partial charge in [0.05, 0.1) is 24.6 Å². The Labute approximate surface area is 188 Å². The first-order valence-corrected chi connectivity index (χ1v) is 11.0. The van der Waals surface area contributed by atoms with Crippen molar-refractivity contribution in [1.82, 2.24) is 9.88 Å². The minimum Gasteiger partial charge on any atom is -0.378 e. The molecule has 0 spiro atoms. The first kappa shape index (κ1) is 20.7. The molecule has 164 valence electrons. The van der Waals surface area contributed by atoms with Crippen molar-refractivity contribution in [2.45, 2.75) is 13.0 Å². The molecule has 5 rings (SSSR count). The zero-order valence-corrected chi connectivity index (χ0v) is 18.6. The van der Waals surface area contributed by atoms with Crippen LogP contribution in [-0.4, -0.2) is 56.2 Å². The number of hydrogen-bond acceptors (Lipinski definition) is 5. The van der Waals surface area contributed by atoms with Crippen LogP contribution in [0.3, 0.4) is 0 Å². The number of anilines is 1. The molecular weight excluding hydrogens is 400 g/mol. The Morgan fingerprint density at radius 3 is 2.69 bits per heavy atom. The maximum Gasteiger partial charge on any atom is 0.249 e. The zero-order chi connectivity index (χ0) is 22.2. The Hall–Kier alpha value is -3.22. The van der Waals surface area contributed by atoms with E-state index >= 15 is 0 Å². The Morgan fingerprint density at radius 2 is 1.94 bits per heavy atom. The highest BCUT2D eigenvalue weighted by Crippen LogP contribution is 2.40. The number of amides is 1. The van der Waals surface area contributed by atoms with Crippen molar-refractivity contribution >= 4 is 11.6 Å². The third-order valence-electron chi connectivity index (χ3n) is 6.20. The van der Waals surface area contributed by atoms with Gasteiger partial charge in [-0.2, -0.15) is 0 Å². The average Bonchev–Trinajstić information content (AvgIpc) is 3.16. The Kier molecular flexibility index (Phi) is 5.41. The molecule has 0 atom stereocenters. The largest absolute Gasteiger partial charge is 0.378 e. The van der Waals surface area contributed by atoms with E-state index in [4.69, 9.17) is 15.5 Å². The van der Waals surface area contributed by atoms with Crippen molar-refractivity contribution in [2.24, 2.45) is 5.73 Å². The summed E-state index contributed by atoms with van der Waals surface area (Å²) in [5.41, 5.74) is 14.6. The highest BCUT2D eigenvalue weighted by atomic mass is 16.5. The Balaban J connectivity index is 1.56. The molecule has 0 radical (unpaired) electrons. The van der Waals surface area contributed by atoms with E-state index in [2.05, 4.69) is 40.1 Å². The summed E-state index contributed by atoms with van der Waals surface area (Å²) in [6, 6.07) is 16.7. The minimum atomic E-state index is -0.407. The third kappa shape index (κ3) is 3.87. The predicted molar refractivity (Wildman–Crippen MR) is 127 cm³/mol. The molecule has 1 saturated heterocycles. The summed E-state index contributed by atoms with van der Waals surface area (Å²) in [5.74, 6) is -0.407. The van der Waals surface area contributed by atoms with Crippen molar-refractivity contribution in [3.63, 3.8) is 0 Å². The highest BCUT2D eigenvalue weighted by Gasteiger charge is 2.27. The third-order valence-corrected chi connectivity index (χ3v) is 6.20. The lowest BCUT2D eigenvalue weighted by molar-refractivity contribution is 0.0999. The molecule has 1 amide bonds. The van der Waals surface area contributed by atoms with Gasteiger partial charge < -0.3 is 20.3 Å². The molecule has 0 saturated carbocycles. The second kappa shape index (κ2) is 8.37. The standard InChI is InChI=1S/C26H28N4O2/c1-29(2)16-17-4-3-5-18(12-17)24-15-23(26(27)31)22-14-19-13-20(30-8-10-32-11-9-30)6-7-21(19)25(22)28-24/h3-7,12-13,15H,8-11,14,16H2,1-2H3,(H2,27,31). The summed E-state index contributed by atoms with van der Waals surface area (Å²) >= 11 is 0. The van der Waals surface area contributed by atoms with Crippen LogP contribution in [0.25, 0.3) is 22.5 Å². The maximum atomic E-state index is 12.4. The number of nitrogens with two attached hydrogens (primary N) is 1. The van der Waals surface area contributed by atoms with Gasteiger partial charge in [0.1, 0.15) is 0 Å². The number of fused-ring (bicyclic) bond motifs is 3. The lowest BCUT2D eigenvalue weighted by atomic mass is 10.0. The quantitative estimate of drug-likeness (QED) is 0.528. The summed E-state index contributed by atoms with van der Waals surface area (Å²) in [4.78, 5) is 21.9. The lowest BCUT2D eigenvalue weighted by Crippen LogP contribution is -2.36. The second-order valence-corrected chi connectivity index (χ2v) is 8.80. The number of nitrogens with zero attached hydrogens (tertiary/aromatic N) is 3. The number of pyridine rings is 1. The van der Waals surface area contributed by atoms with Crippen LogP contribution in [0.2, 0.25) is 0 Å². The van der Waals surface area contributed by atoms with Crippen LogP contribution in [0, 0.1) is 0 Å². The normalized spacial score (nSPS) is 15.0. The highest BCUT2D eigenvalue weighted by molar-refractivity contribution is 5.98. The van der Waals surface area contributed by atoms with Crippen molar-refractivity contribution in [2.75, 3.05) is 45.3 Å². The van der Waals surface area contributed by atoms with Crippen molar-refractivity contribution in [3.05, 3.63) is 70.8 Å². The van der Waals surface area contributed by atoms with Crippen molar-refractivity contribution in [3.8, 4) is 22.5 Å². The van der Waals surface area contributed by atoms with E-state index in [1.807, 2.05) is 32.3 Å². The first-order valence-electron chi connectivity index (χ1n) is 11.0. The number of carbonyl (C=O) groups is 1. The molecule has 0 unspecified atom stereocenters. The van der Waals surface area contributed by atoms with Crippen LogP contribution in [0.1, 0.15) is 27.0 Å². The monoisotopic (exact) mass is 428 g/mol. The van der Waals surface area contributed by atoms with Crippen LogP contribution < -0.4 is 10.6 Å². The number of rotatable bonds is 5. The molecule has 6 heteroatoms.